The zero-order valence-electron chi connectivity index (χ0n) is 14.2. The van der Waals surface area contributed by atoms with E-state index in [9.17, 15) is 0 Å². The van der Waals surface area contributed by atoms with Gasteiger partial charge in [0.25, 0.3) is 0 Å². The van der Waals surface area contributed by atoms with Crippen LogP contribution in [0.1, 0.15) is 11.1 Å². The van der Waals surface area contributed by atoms with Gasteiger partial charge in [-0.3, -0.25) is 4.99 Å². The third kappa shape index (κ3) is 6.26. The van der Waals surface area contributed by atoms with Crippen molar-refractivity contribution in [1.29, 1.82) is 0 Å². The van der Waals surface area contributed by atoms with Crippen LogP contribution in [0.5, 0.6) is 5.88 Å². The molecule has 6 nitrogen and oxygen atoms in total. The van der Waals surface area contributed by atoms with Crippen molar-refractivity contribution in [3.63, 3.8) is 0 Å². The summed E-state index contributed by atoms with van der Waals surface area (Å²) in [5.41, 5.74) is 2.26. The lowest BCUT2D eigenvalue weighted by Gasteiger charge is -2.12. The van der Waals surface area contributed by atoms with Crippen molar-refractivity contribution >= 4 is 5.96 Å². The molecule has 1 aromatic heterocycles. The number of aliphatic imine (C=N–C) groups is 1. The number of ether oxygens (including phenoxy) is 2. The van der Waals surface area contributed by atoms with Gasteiger partial charge in [-0.1, -0.05) is 36.4 Å². The minimum atomic E-state index is 0.497. The highest BCUT2D eigenvalue weighted by atomic mass is 16.5. The van der Waals surface area contributed by atoms with Gasteiger partial charge in [-0.2, -0.15) is 0 Å². The first kappa shape index (κ1) is 17.7. The Morgan fingerprint density at radius 2 is 1.75 bits per heavy atom. The number of aromatic nitrogens is 1. The lowest BCUT2D eigenvalue weighted by molar-refractivity contribution is 0.143. The second-order valence-electron chi connectivity index (χ2n) is 5.11. The summed E-state index contributed by atoms with van der Waals surface area (Å²) in [6, 6.07) is 14.0. The fourth-order valence-electron chi connectivity index (χ4n) is 2.02. The molecule has 0 aliphatic heterocycles. The van der Waals surface area contributed by atoms with E-state index in [0.717, 1.165) is 18.1 Å². The summed E-state index contributed by atoms with van der Waals surface area (Å²) in [5.74, 6) is 1.35. The van der Waals surface area contributed by atoms with E-state index >= 15 is 0 Å². The minimum absolute atomic E-state index is 0.497. The number of methoxy groups -OCH3 is 1. The van der Waals surface area contributed by atoms with Crippen LogP contribution < -0.4 is 15.4 Å². The molecule has 2 aromatic rings. The van der Waals surface area contributed by atoms with Gasteiger partial charge in [0, 0.05) is 39.5 Å². The molecule has 24 heavy (non-hydrogen) atoms. The van der Waals surface area contributed by atoms with Crippen molar-refractivity contribution in [1.82, 2.24) is 15.6 Å². The maximum atomic E-state index is 5.44. The van der Waals surface area contributed by atoms with Crippen LogP contribution >= 0.6 is 0 Å². The Kier molecular flexibility index (Phi) is 7.56. The van der Waals surface area contributed by atoms with Crippen molar-refractivity contribution in [2.75, 3.05) is 27.4 Å². The summed E-state index contributed by atoms with van der Waals surface area (Å²) in [6.07, 6.45) is 1.79. The van der Waals surface area contributed by atoms with Crippen LogP contribution in [0.15, 0.2) is 53.7 Å². The fraction of sp³-hybridized carbons (Fsp3) is 0.333. The van der Waals surface area contributed by atoms with E-state index in [1.165, 1.54) is 5.56 Å². The number of rotatable bonds is 8. The number of hydrogen-bond acceptors (Lipinski definition) is 4. The van der Waals surface area contributed by atoms with Crippen LogP contribution in [0.3, 0.4) is 0 Å². The molecule has 128 valence electrons. The van der Waals surface area contributed by atoms with Crippen LogP contribution in [0.4, 0.5) is 0 Å². The van der Waals surface area contributed by atoms with Crippen molar-refractivity contribution in [3.8, 4) is 5.88 Å². The molecule has 0 radical (unpaired) electrons. The van der Waals surface area contributed by atoms with Crippen molar-refractivity contribution in [3.05, 3.63) is 59.8 Å². The molecule has 2 rings (SSSR count). The highest BCUT2D eigenvalue weighted by Gasteiger charge is 2.00. The SMILES string of the molecule is CN=C(NCc1ccccc1)NCc1ccc(OCCOC)nc1. The molecule has 0 aliphatic rings. The first-order valence-electron chi connectivity index (χ1n) is 7.87. The van der Waals surface area contributed by atoms with E-state index in [1.54, 1.807) is 20.4 Å². The molecule has 0 aliphatic carbocycles. The zero-order chi connectivity index (χ0) is 17.0. The van der Waals surface area contributed by atoms with Gasteiger partial charge >= 0.3 is 0 Å². The molecule has 0 spiro atoms. The fourth-order valence-corrected chi connectivity index (χ4v) is 2.02. The summed E-state index contributed by atoms with van der Waals surface area (Å²) >= 11 is 0. The third-order valence-corrected chi connectivity index (χ3v) is 3.32. The van der Waals surface area contributed by atoms with E-state index < -0.39 is 0 Å². The molecular weight excluding hydrogens is 304 g/mol. The predicted molar refractivity (Wildman–Crippen MR) is 95.1 cm³/mol. The summed E-state index contributed by atoms with van der Waals surface area (Å²) in [7, 11) is 3.40. The normalized spacial score (nSPS) is 11.2. The van der Waals surface area contributed by atoms with Crippen LogP contribution in [0.2, 0.25) is 0 Å². The third-order valence-electron chi connectivity index (χ3n) is 3.32. The van der Waals surface area contributed by atoms with Gasteiger partial charge in [-0.25, -0.2) is 4.98 Å². The molecule has 1 aromatic carbocycles. The molecule has 0 saturated heterocycles. The number of guanidine groups is 1. The minimum Gasteiger partial charge on any atom is -0.475 e. The number of benzene rings is 1. The Bertz CT molecular complexity index is 615. The number of nitrogens with one attached hydrogen (secondary N) is 2. The average molecular weight is 328 g/mol. The topological polar surface area (TPSA) is 67.8 Å². The highest BCUT2D eigenvalue weighted by molar-refractivity contribution is 5.79. The lowest BCUT2D eigenvalue weighted by Crippen LogP contribution is -2.36. The van der Waals surface area contributed by atoms with E-state index in [1.807, 2.05) is 30.3 Å². The standard InChI is InChI=1S/C18H24N4O2/c1-19-18(21-12-15-6-4-3-5-7-15)22-14-16-8-9-17(20-13-16)24-11-10-23-2/h3-9,13H,10-12,14H2,1-2H3,(H2,19,21,22). The van der Waals surface area contributed by atoms with Crippen LogP contribution in [0.25, 0.3) is 0 Å². The van der Waals surface area contributed by atoms with Gasteiger partial charge in [0.2, 0.25) is 5.88 Å². The highest BCUT2D eigenvalue weighted by Crippen LogP contribution is 2.07. The second kappa shape index (κ2) is 10.2. The smallest absolute Gasteiger partial charge is 0.213 e. The first-order valence-corrected chi connectivity index (χ1v) is 7.87. The lowest BCUT2D eigenvalue weighted by atomic mass is 10.2. The number of pyridine rings is 1. The predicted octanol–water partition coefficient (Wildman–Crippen LogP) is 1.97. The first-order chi connectivity index (χ1) is 11.8. The maximum Gasteiger partial charge on any atom is 0.213 e. The average Bonchev–Trinajstić information content (AvgIpc) is 2.64. The molecule has 0 fully saturated rings. The zero-order valence-corrected chi connectivity index (χ0v) is 14.2. The molecule has 0 amide bonds. The molecule has 0 bridgehead atoms. The van der Waals surface area contributed by atoms with E-state index in [2.05, 4.69) is 32.7 Å². The molecular formula is C18H24N4O2. The van der Waals surface area contributed by atoms with Crippen molar-refractivity contribution < 1.29 is 9.47 Å². The van der Waals surface area contributed by atoms with Gasteiger partial charge < -0.3 is 20.1 Å². The quantitative estimate of drug-likeness (QED) is 0.440. The molecule has 0 unspecified atom stereocenters. The summed E-state index contributed by atoms with van der Waals surface area (Å²) < 4.78 is 10.4. The monoisotopic (exact) mass is 328 g/mol. The van der Waals surface area contributed by atoms with Crippen molar-refractivity contribution in [2.24, 2.45) is 4.99 Å². The Morgan fingerprint density at radius 1 is 1.00 bits per heavy atom. The molecule has 0 atom stereocenters. The molecule has 1 heterocycles. The van der Waals surface area contributed by atoms with E-state index in [0.29, 0.717) is 25.6 Å². The number of nitrogens with zero attached hydrogens (tertiary/aromatic N) is 2. The number of hydrogen-bond donors (Lipinski definition) is 2. The van der Waals surface area contributed by atoms with Crippen LogP contribution in [-0.2, 0) is 17.8 Å². The van der Waals surface area contributed by atoms with Crippen LogP contribution in [0, 0.1) is 0 Å². The van der Waals surface area contributed by atoms with E-state index in [-0.39, 0.29) is 0 Å². The summed E-state index contributed by atoms with van der Waals surface area (Å²) in [6.45, 7) is 2.41. The molecule has 6 heteroatoms. The van der Waals surface area contributed by atoms with Gasteiger partial charge in [0.15, 0.2) is 5.96 Å². The Morgan fingerprint density at radius 3 is 2.38 bits per heavy atom. The Hall–Kier alpha value is -2.60. The summed E-state index contributed by atoms with van der Waals surface area (Å²) in [4.78, 5) is 8.49. The van der Waals surface area contributed by atoms with Gasteiger partial charge in [0.1, 0.15) is 6.61 Å². The maximum absolute atomic E-state index is 5.44. The largest absolute Gasteiger partial charge is 0.475 e. The van der Waals surface area contributed by atoms with Gasteiger partial charge in [-0.15, -0.1) is 0 Å². The van der Waals surface area contributed by atoms with Crippen molar-refractivity contribution in [2.45, 2.75) is 13.1 Å². The summed E-state index contributed by atoms with van der Waals surface area (Å²) in [5, 5.41) is 6.55. The van der Waals surface area contributed by atoms with Gasteiger partial charge in [-0.05, 0) is 11.1 Å². The van der Waals surface area contributed by atoms with E-state index in [4.69, 9.17) is 9.47 Å². The van der Waals surface area contributed by atoms with Crippen LogP contribution in [-0.4, -0.2) is 38.3 Å². The molecule has 2 N–H and O–H groups in total. The Labute approximate surface area is 142 Å². The second-order valence-corrected chi connectivity index (χ2v) is 5.11. The molecule has 0 saturated carbocycles. The Balaban J connectivity index is 1.76. The van der Waals surface area contributed by atoms with Gasteiger partial charge in [0.05, 0.1) is 6.61 Å².